The Morgan fingerprint density at radius 1 is 1.41 bits per heavy atom. The largest absolute Gasteiger partial charge is 0.511 e. The predicted octanol–water partition coefficient (Wildman–Crippen LogP) is 0.438. The zero-order valence-corrected chi connectivity index (χ0v) is 13.7. The number of ether oxygens (including phenoxy) is 3. The molecule has 2 fully saturated rings. The molecule has 2 rings (SSSR count). The molecule has 2 heterocycles. The molecule has 0 spiro atoms. The van der Waals surface area contributed by atoms with Gasteiger partial charge in [0.2, 0.25) is 12.2 Å². The third kappa shape index (κ3) is 2.87. The first-order valence-electron chi connectivity index (χ1n) is 6.98. The van der Waals surface area contributed by atoms with Gasteiger partial charge in [0.05, 0.1) is 6.61 Å². The number of nitrogens with two attached hydrogens (primary N) is 1. The summed E-state index contributed by atoms with van der Waals surface area (Å²) < 4.78 is 14.0. The third-order valence-electron chi connectivity index (χ3n) is 3.51. The van der Waals surface area contributed by atoms with Gasteiger partial charge < -0.3 is 24.8 Å². The molecule has 2 N–H and O–H groups in total. The number of rotatable bonds is 4. The van der Waals surface area contributed by atoms with Gasteiger partial charge in [-0.3, -0.25) is 4.79 Å². The summed E-state index contributed by atoms with van der Waals surface area (Å²) in [4.78, 5) is 36.8. The molecule has 0 aliphatic carbocycles. The van der Waals surface area contributed by atoms with Crippen LogP contribution >= 0.6 is 11.8 Å². The quantitative estimate of drug-likeness (QED) is 0.449. The second kappa shape index (κ2) is 5.96. The molecule has 0 aromatic heterocycles. The molecule has 1 amide bonds. The number of amides is 1. The highest BCUT2D eigenvalue weighted by atomic mass is 32.2. The number of β-lactam (4-membered cyclic amide) rings is 1. The number of fused-ring (bicyclic) bond motifs is 1. The van der Waals surface area contributed by atoms with Crippen molar-refractivity contribution < 1.29 is 28.6 Å². The van der Waals surface area contributed by atoms with E-state index in [0.29, 0.717) is 0 Å². The van der Waals surface area contributed by atoms with Crippen LogP contribution in [0.15, 0.2) is 0 Å². The van der Waals surface area contributed by atoms with Crippen molar-refractivity contribution in [1.82, 2.24) is 4.90 Å². The van der Waals surface area contributed by atoms with Crippen molar-refractivity contribution in [3.05, 3.63) is 0 Å². The predicted molar refractivity (Wildman–Crippen MR) is 77.7 cm³/mol. The first-order chi connectivity index (χ1) is 10.2. The average molecular weight is 332 g/mol. The minimum Gasteiger partial charge on any atom is -0.435 e. The molecule has 4 atom stereocenters. The Kier molecular flexibility index (Phi) is 4.57. The molecule has 0 radical (unpaired) electrons. The van der Waals surface area contributed by atoms with Crippen LogP contribution in [0.2, 0.25) is 0 Å². The molecule has 2 aliphatic rings. The number of hydrogen-bond donors (Lipinski definition) is 1. The van der Waals surface area contributed by atoms with E-state index in [4.69, 9.17) is 15.2 Å². The summed E-state index contributed by atoms with van der Waals surface area (Å²) in [7, 11) is 0. The lowest BCUT2D eigenvalue weighted by Gasteiger charge is -2.42. The number of thioether (sulfide) groups is 1. The van der Waals surface area contributed by atoms with Gasteiger partial charge in [-0.1, -0.05) is 0 Å². The first kappa shape index (κ1) is 16.9. The van der Waals surface area contributed by atoms with Gasteiger partial charge in [-0.05, 0) is 20.8 Å². The van der Waals surface area contributed by atoms with Crippen molar-refractivity contribution >= 4 is 29.8 Å². The Morgan fingerprint density at radius 3 is 2.64 bits per heavy atom. The van der Waals surface area contributed by atoms with Crippen LogP contribution < -0.4 is 5.73 Å². The summed E-state index contributed by atoms with van der Waals surface area (Å²) in [5, 5.41) is -0.221. The second-order valence-electron chi connectivity index (χ2n) is 5.59. The van der Waals surface area contributed by atoms with Crippen LogP contribution in [0.3, 0.4) is 0 Å². The van der Waals surface area contributed by atoms with Crippen molar-refractivity contribution in [3.63, 3.8) is 0 Å². The fourth-order valence-corrected chi connectivity index (χ4v) is 4.13. The van der Waals surface area contributed by atoms with E-state index in [1.165, 1.54) is 23.6 Å². The van der Waals surface area contributed by atoms with Gasteiger partial charge in [-0.15, -0.1) is 11.8 Å². The SMILES string of the molecule is CCOC(=O)OC(C)OC(=O)[C@@H]1N2C(=O)[C@H](N)[C@H]2SC1(C)C. The maximum Gasteiger partial charge on any atom is 0.511 e. The molecule has 2 aliphatic heterocycles. The Balaban J connectivity index is 1.99. The Morgan fingerprint density at radius 2 is 2.05 bits per heavy atom. The van der Waals surface area contributed by atoms with E-state index in [2.05, 4.69) is 4.74 Å². The van der Waals surface area contributed by atoms with Crippen molar-refractivity contribution in [1.29, 1.82) is 0 Å². The molecule has 0 aromatic carbocycles. The van der Waals surface area contributed by atoms with E-state index in [9.17, 15) is 14.4 Å². The minimum atomic E-state index is -1.10. The summed E-state index contributed by atoms with van der Waals surface area (Å²) >= 11 is 1.46. The van der Waals surface area contributed by atoms with Crippen LogP contribution in [0, 0.1) is 0 Å². The van der Waals surface area contributed by atoms with Gasteiger partial charge in [0.15, 0.2) is 0 Å². The van der Waals surface area contributed by atoms with E-state index < -0.39 is 35.2 Å². The van der Waals surface area contributed by atoms with Crippen LogP contribution in [0.25, 0.3) is 0 Å². The van der Waals surface area contributed by atoms with E-state index in [-0.39, 0.29) is 17.9 Å². The monoisotopic (exact) mass is 332 g/mol. The number of nitrogens with zero attached hydrogens (tertiary/aromatic N) is 1. The maximum absolute atomic E-state index is 12.4. The molecule has 0 aromatic rings. The standard InChI is InChI=1S/C13H20N2O6S/c1-5-19-12(18)21-6(2)20-11(17)8-13(3,4)22-10-7(14)9(16)15(8)10/h6-8,10H,5,14H2,1-4H3/t6?,7-,8-,10+/m0/s1. The first-order valence-corrected chi connectivity index (χ1v) is 7.86. The zero-order valence-electron chi connectivity index (χ0n) is 12.9. The smallest absolute Gasteiger partial charge is 0.435 e. The molecular formula is C13H20N2O6S. The van der Waals surface area contributed by atoms with Gasteiger partial charge in [-0.25, -0.2) is 9.59 Å². The van der Waals surface area contributed by atoms with E-state index in [0.717, 1.165) is 0 Å². The van der Waals surface area contributed by atoms with Crippen LogP contribution in [-0.2, 0) is 23.8 Å². The number of carbonyl (C=O) groups is 3. The molecule has 22 heavy (non-hydrogen) atoms. The highest BCUT2D eigenvalue weighted by Gasteiger charge is 2.63. The highest BCUT2D eigenvalue weighted by molar-refractivity contribution is 8.01. The van der Waals surface area contributed by atoms with Crippen molar-refractivity contribution in [2.75, 3.05) is 6.61 Å². The average Bonchev–Trinajstić information content (AvgIpc) is 2.67. The molecule has 8 nitrogen and oxygen atoms in total. The summed E-state index contributed by atoms with van der Waals surface area (Å²) in [6.45, 7) is 6.89. The maximum atomic E-state index is 12.4. The second-order valence-corrected chi connectivity index (χ2v) is 7.36. The summed E-state index contributed by atoms with van der Waals surface area (Å²) in [5.74, 6) is -0.902. The lowest BCUT2D eigenvalue weighted by atomic mass is 9.96. The topological polar surface area (TPSA) is 108 Å². The molecule has 1 unspecified atom stereocenters. The molecule has 124 valence electrons. The molecule has 9 heteroatoms. The van der Waals surface area contributed by atoms with Gasteiger partial charge in [0.1, 0.15) is 17.5 Å². The lowest BCUT2D eigenvalue weighted by Crippen LogP contribution is -2.69. The van der Waals surface area contributed by atoms with Gasteiger partial charge in [0, 0.05) is 11.7 Å². The van der Waals surface area contributed by atoms with E-state index in [1.54, 1.807) is 6.92 Å². The van der Waals surface area contributed by atoms with Crippen LogP contribution in [0.4, 0.5) is 4.79 Å². The minimum absolute atomic E-state index is 0.160. The molecule has 0 saturated carbocycles. The molecule has 2 saturated heterocycles. The van der Waals surface area contributed by atoms with Gasteiger partial charge in [0.25, 0.3) is 0 Å². The van der Waals surface area contributed by atoms with Crippen LogP contribution in [0.5, 0.6) is 0 Å². The number of esters is 1. The molecule has 0 bridgehead atoms. The van der Waals surface area contributed by atoms with E-state index in [1.807, 2.05) is 13.8 Å². The number of carbonyl (C=O) groups excluding carboxylic acids is 3. The van der Waals surface area contributed by atoms with Gasteiger partial charge in [-0.2, -0.15) is 0 Å². The summed E-state index contributed by atoms with van der Waals surface area (Å²) in [5.41, 5.74) is 5.74. The Bertz CT molecular complexity index is 497. The van der Waals surface area contributed by atoms with Gasteiger partial charge >= 0.3 is 12.1 Å². The third-order valence-corrected chi connectivity index (χ3v) is 5.10. The summed E-state index contributed by atoms with van der Waals surface area (Å²) in [6, 6.07) is -1.35. The Labute approximate surface area is 132 Å². The molecular weight excluding hydrogens is 312 g/mol. The fraction of sp³-hybridized carbons (Fsp3) is 0.769. The van der Waals surface area contributed by atoms with E-state index >= 15 is 0 Å². The zero-order chi connectivity index (χ0) is 16.7. The van der Waals surface area contributed by atoms with Crippen molar-refractivity contribution in [3.8, 4) is 0 Å². The fourth-order valence-electron chi connectivity index (χ4n) is 2.56. The highest BCUT2D eigenvalue weighted by Crippen LogP contribution is 2.50. The normalized spacial score (nSPS) is 30.1. The summed E-state index contributed by atoms with van der Waals surface area (Å²) in [6.07, 6.45) is -2.01. The lowest BCUT2D eigenvalue weighted by molar-refractivity contribution is -0.180. The number of hydrogen-bond acceptors (Lipinski definition) is 8. The van der Waals surface area contributed by atoms with Crippen LogP contribution in [0.1, 0.15) is 27.7 Å². The van der Waals surface area contributed by atoms with Crippen molar-refractivity contribution in [2.45, 2.75) is 56.2 Å². The van der Waals surface area contributed by atoms with Crippen molar-refractivity contribution in [2.24, 2.45) is 5.73 Å². The van der Waals surface area contributed by atoms with Crippen LogP contribution in [-0.4, -0.2) is 58.0 Å². The Hall–Kier alpha value is -1.48.